The lowest BCUT2D eigenvalue weighted by Crippen LogP contribution is -2.27. The first-order chi connectivity index (χ1) is 25.8. The van der Waals surface area contributed by atoms with Gasteiger partial charge in [0.05, 0.1) is 6.04 Å². The van der Waals surface area contributed by atoms with Gasteiger partial charge < -0.3 is 5.73 Å². The second-order valence-electron chi connectivity index (χ2n) is 15.7. The number of rotatable bonds is 7. The van der Waals surface area contributed by atoms with E-state index in [9.17, 15) is 0 Å². The van der Waals surface area contributed by atoms with Crippen LogP contribution in [0.2, 0.25) is 0 Å². The first-order valence-electron chi connectivity index (χ1n) is 19.5. The molecule has 0 aliphatic heterocycles. The van der Waals surface area contributed by atoms with Crippen molar-refractivity contribution in [3.8, 4) is 11.1 Å². The van der Waals surface area contributed by atoms with Crippen molar-refractivity contribution in [2.45, 2.75) is 76.7 Å². The van der Waals surface area contributed by atoms with E-state index in [0.717, 1.165) is 44.4 Å². The Kier molecular flexibility index (Phi) is 9.84. The van der Waals surface area contributed by atoms with Crippen molar-refractivity contribution in [2.24, 2.45) is 27.6 Å². The molecule has 4 atom stereocenters. The van der Waals surface area contributed by atoms with E-state index in [1.54, 1.807) is 0 Å². The molecule has 0 fully saturated rings. The summed E-state index contributed by atoms with van der Waals surface area (Å²) in [6.45, 7) is 6.96. The van der Waals surface area contributed by atoms with E-state index >= 15 is 0 Å². The lowest BCUT2D eigenvalue weighted by molar-refractivity contribution is 0.612. The third-order valence-electron chi connectivity index (χ3n) is 12.0. The fraction of sp³-hybridized carbons (Fsp3) is 0.280. The number of hydrogen-bond donors (Lipinski definition) is 1. The highest BCUT2D eigenvalue weighted by Gasteiger charge is 2.35. The normalized spacial score (nSPS) is 22.9. The molecule has 0 heterocycles. The Bertz CT molecular complexity index is 2190. The Morgan fingerprint density at radius 3 is 2.25 bits per heavy atom. The summed E-state index contributed by atoms with van der Waals surface area (Å²) in [5.74, 6) is 2.14. The lowest BCUT2D eigenvalue weighted by Gasteiger charge is -2.25. The zero-order valence-corrected chi connectivity index (χ0v) is 31.4. The SMILES string of the molecule is C[C@H](/N=C(\N=C(/N)C1C=CC(c2ccccc2)=CC1)C1CC=C(c2ccccc2)CC1)C1=CCC=CC(c2ccc3c(c2)-c2ccccc2C3(C)C)C1. The summed E-state index contributed by atoms with van der Waals surface area (Å²) in [7, 11) is 0. The molecule has 3 nitrogen and oxygen atoms in total. The minimum Gasteiger partial charge on any atom is -0.387 e. The molecule has 2 N–H and O–H groups in total. The van der Waals surface area contributed by atoms with Gasteiger partial charge in [-0.15, -0.1) is 0 Å². The number of hydrogen-bond acceptors (Lipinski definition) is 1. The average molecular weight is 694 g/mol. The maximum Gasteiger partial charge on any atom is 0.129 e. The molecule has 0 bridgehead atoms. The van der Waals surface area contributed by atoms with Gasteiger partial charge in [-0.25, -0.2) is 4.99 Å². The highest BCUT2D eigenvalue weighted by molar-refractivity contribution is 6.00. The molecule has 266 valence electrons. The van der Waals surface area contributed by atoms with Gasteiger partial charge in [0.1, 0.15) is 11.7 Å². The van der Waals surface area contributed by atoms with Crippen molar-refractivity contribution in [1.29, 1.82) is 0 Å². The van der Waals surface area contributed by atoms with Crippen LogP contribution in [-0.2, 0) is 5.41 Å². The highest BCUT2D eigenvalue weighted by Crippen LogP contribution is 2.49. The van der Waals surface area contributed by atoms with Crippen LogP contribution in [0.25, 0.3) is 22.3 Å². The largest absolute Gasteiger partial charge is 0.387 e. The molecule has 0 radical (unpaired) electrons. The van der Waals surface area contributed by atoms with Crippen molar-refractivity contribution in [1.82, 2.24) is 0 Å². The molecule has 0 aromatic heterocycles. The number of allylic oxidation sites excluding steroid dienone is 8. The molecule has 4 aliphatic rings. The third-order valence-corrected chi connectivity index (χ3v) is 12.0. The zero-order valence-electron chi connectivity index (χ0n) is 31.4. The number of amidine groups is 2. The first kappa shape index (κ1) is 34.8. The second kappa shape index (κ2) is 15.0. The molecule has 3 unspecified atom stereocenters. The Labute approximate surface area is 316 Å². The summed E-state index contributed by atoms with van der Waals surface area (Å²) < 4.78 is 0. The Morgan fingerprint density at radius 1 is 0.774 bits per heavy atom. The molecule has 3 heteroatoms. The van der Waals surface area contributed by atoms with Crippen molar-refractivity contribution >= 4 is 22.8 Å². The second-order valence-corrected chi connectivity index (χ2v) is 15.7. The van der Waals surface area contributed by atoms with E-state index < -0.39 is 0 Å². The van der Waals surface area contributed by atoms with E-state index in [1.807, 2.05) is 0 Å². The predicted molar refractivity (Wildman–Crippen MR) is 225 cm³/mol. The summed E-state index contributed by atoms with van der Waals surface area (Å²) in [4.78, 5) is 10.7. The maximum absolute atomic E-state index is 6.88. The van der Waals surface area contributed by atoms with Crippen LogP contribution in [0.1, 0.15) is 93.0 Å². The summed E-state index contributed by atoms with van der Waals surface area (Å²) in [6.07, 6.45) is 21.9. The lowest BCUT2D eigenvalue weighted by atomic mass is 9.81. The van der Waals surface area contributed by atoms with Crippen molar-refractivity contribution in [2.75, 3.05) is 0 Å². The predicted octanol–water partition coefficient (Wildman–Crippen LogP) is 12.0. The topological polar surface area (TPSA) is 50.7 Å². The first-order valence-corrected chi connectivity index (χ1v) is 19.5. The third kappa shape index (κ3) is 7.22. The van der Waals surface area contributed by atoms with Gasteiger partial charge in [-0.2, -0.15) is 0 Å². The van der Waals surface area contributed by atoms with Gasteiger partial charge in [0.15, 0.2) is 0 Å². The van der Waals surface area contributed by atoms with Gasteiger partial charge in [-0.1, -0.05) is 160 Å². The van der Waals surface area contributed by atoms with Gasteiger partial charge in [0.25, 0.3) is 0 Å². The molecule has 4 aromatic rings. The average Bonchev–Trinajstić information content (AvgIpc) is 3.34. The fourth-order valence-electron chi connectivity index (χ4n) is 8.80. The number of nitrogens with two attached hydrogens (primary N) is 1. The smallest absolute Gasteiger partial charge is 0.129 e. The summed E-state index contributed by atoms with van der Waals surface area (Å²) in [5, 5.41) is 0. The molecule has 4 aliphatic carbocycles. The van der Waals surface area contributed by atoms with Gasteiger partial charge in [0, 0.05) is 23.2 Å². The number of fused-ring (bicyclic) bond motifs is 3. The summed E-state index contributed by atoms with van der Waals surface area (Å²) >= 11 is 0. The van der Waals surface area contributed by atoms with Gasteiger partial charge >= 0.3 is 0 Å². The Hall–Kier alpha value is -5.28. The van der Waals surface area contributed by atoms with Crippen LogP contribution in [-0.4, -0.2) is 17.7 Å². The quantitative estimate of drug-likeness (QED) is 0.117. The van der Waals surface area contributed by atoms with Crippen molar-refractivity contribution < 1.29 is 0 Å². The molecule has 0 amide bonds. The minimum atomic E-state index is 0.00372. The van der Waals surface area contributed by atoms with Crippen LogP contribution in [0.3, 0.4) is 0 Å². The molecule has 4 aromatic carbocycles. The van der Waals surface area contributed by atoms with Crippen molar-refractivity contribution in [3.63, 3.8) is 0 Å². The minimum absolute atomic E-state index is 0.00372. The van der Waals surface area contributed by atoms with Gasteiger partial charge in [0.2, 0.25) is 0 Å². The van der Waals surface area contributed by atoms with Crippen molar-refractivity contribution in [3.05, 3.63) is 179 Å². The van der Waals surface area contributed by atoms with Crippen LogP contribution in [0.4, 0.5) is 0 Å². The summed E-state index contributed by atoms with van der Waals surface area (Å²) in [5.41, 5.74) is 20.4. The van der Waals surface area contributed by atoms with Gasteiger partial charge in [-0.3, -0.25) is 4.99 Å². The Balaban J connectivity index is 1.06. The Morgan fingerprint density at radius 2 is 1.51 bits per heavy atom. The van der Waals surface area contributed by atoms with Crippen LogP contribution in [0.5, 0.6) is 0 Å². The van der Waals surface area contributed by atoms with Crippen LogP contribution in [0, 0.1) is 11.8 Å². The molecule has 0 saturated carbocycles. The number of nitrogens with zero attached hydrogens (tertiary/aromatic N) is 2. The number of benzene rings is 4. The van der Waals surface area contributed by atoms with E-state index in [-0.39, 0.29) is 23.3 Å². The molecular formula is C50H51N3. The number of aliphatic imine (C=N–C) groups is 2. The van der Waals surface area contributed by atoms with E-state index in [1.165, 1.54) is 55.7 Å². The monoisotopic (exact) mass is 693 g/mol. The standard InChI is InChI=1S/C50H51N3/c1-34(41-18-10-11-19-42(32-41)43-30-31-47-45(33-43)44-20-12-13-21-46(44)50(47,2)3)52-49(40-28-24-38(25-29-40)36-16-8-5-9-17-36)53-48(51)39-26-22-37(23-27-39)35-14-6-4-7-15-35/h4-9,11-24,26,30-31,33-34,39-40,42H,10,25,27-29,32H2,1-3H3,(H2,51,52,53)/t34-,39?,40?,42?/m0/s1. The van der Waals surface area contributed by atoms with Crippen LogP contribution in [0.15, 0.2) is 161 Å². The molecule has 53 heavy (non-hydrogen) atoms. The molecule has 0 saturated heterocycles. The molecule has 0 spiro atoms. The van der Waals surface area contributed by atoms with E-state index in [4.69, 9.17) is 15.7 Å². The zero-order chi connectivity index (χ0) is 36.4. The van der Waals surface area contributed by atoms with Crippen LogP contribution >= 0.6 is 0 Å². The van der Waals surface area contributed by atoms with E-state index in [0.29, 0.717) is 11.8 Å². The maximum atomic E-state index is 6.88. The van der Waals surface area contributed by atoms with Crippen LogP contribution < -0.4 is 5.73 Å². The fourth-order valence-corrected chi connectivity index (χ4v) is 8.80. The summed E-state index contributed by atoms with van der Waals surface area (Å²) in [6, 6.07) is 37.5. The van der Waals surface area contributed by atoms with Gasteiger partial charge in [-0.05, 0) is 101 Å². The van der Waals surface area contributed by atoms with E-state index in [2.05, 4.69) is 166 Å². The molecule has 8 rings (SSSR count). The molecular weight excluding hydrogens is 643 g/mol. The highest BCUT2D eigenvalue weighted by atomic mass is 15.0.